The fourth-order valence-electron chi connectivity index (χ4n) is 2.04. The highest BCUT2D eigenvalue weighted by molar-refractivity contribution is 5.77. The van der Waals surface area contributed by atoms with Crippen LogP contribution >= 0.6 is 0 Å². The van der Waals surface area contributed by atoms with Crippen LogP contribution in [0.5, 0.6) is 0 Å². The maximum Gasteiger partial charge on any atom is 0.134 e. The standard InChI is InChI=1S/C15H14N2O/c1-10-5-4-7-12(17-10)15(16)14-9-11-6-2-3-8-13(11)18-14/h2-9,15H,16H2,1H3. The summed E-state index contributed by atoms with van der Waals surface area (Å²) in [4.78, 5) is 4.43. The highest BCUT2D eigenvalue weighted by atomic mass is 16.3. The van der Waals surface area contributed by atoms with Gasteiger partial charge >= 0.3 is 0 Å². The van der Waals surface area contributed by atoms with Crippen LogP contribution in [-0.4, -0.2) is 4.98 Å². The molecule has 2 aromatic heterocycles. The summed E-state index contributed by atoms with van der Waals surface area (Å²) in [6.07, 6.45) is 0. The van der Waals surface area contributed by atoms with E-state index in [0.29, 0.717) is 0 Å². The van der Waals surface area contributed by atoms with Crippen molar-refractivity contribution in [1.82, 2.24) is 4.98 Å². The first-order valence-corrected chi connectivity index (χ1v) is 5.91. The first kappa shape index (κ1) is 11.0. The third-order valence-electron chi connectivity index (χ3n) is 2.98. The summed E-state index contributed by atoms with van der Waals surface area (Å²) in [6, 6.07) is 15.4. The van der Waals surface area contributed by atoms with E-state index in [4.69, 9.17) is 10.2 Å². The second kappa shape index (κ2) is 4.27. The number of pyridine rings is 1. The van der Waals surface area contributed by atoms with Gasteiger partial charge in [0.2, 0.25) is 0 Å². The molecule has 18 heavy (non-hydrogen) atoms. The largest absolute Gasteiger partial charge is 0.459 e. The molecule has 0 spiro atoms. The van der Waals surface area contributed by atoms with Gasteiger partial charge in [-0.25, -0.2) is 0 Å². The van der Waals surface area contributed by atoms with Gasteiger partial charge in [-0.2, -0.15) is 0 Å². The highest BCUT2D eigenvalue weighted by Gasteiger charge is 2.15. The average molecular weight is 238 g/mol. The molecule has 3 heteroatoms. The zero-order valence-corrected chi connectivity index (χ0v) is 10.1. The Labute approximate surface area is 105 Å². The van der Waals surface area contributed by atoms with Gasteiger partial charge < -0.3 is 10.2 Å². The number of para-hydroxylation sites is 1. The molecule has 0 fully saturated rings. The molecule has 1 aromatic carbocycles. The fourth-order valence-corrected chi connectivity index (χ4v) is 2.04. The summed E-state index contributed by atoms with van der Waals surface area (Å²) in [5.74, 6) is 0.745. The Hall–Kier alpha value is -2.13. The van der Waals surface area contributed by atoms with Crippen LogP contribution in [-0.2, 0) is 0 Å². The molecule has 3 aromatic rings. The predicted molar refractivity (Wildman–Crippen MR) is 71.2 cm³/mol. The average Bonchev–Trinajstić information content (AvgIpc) is 2.81. The van der Waals surface area contributed by atoms with Crippen molar-refractivity contribution >= 4 is 11.0 Å². The molecule has 90 valence electrons. The lowest BCUT2D eigenvalue weighted by molar-refractivity contribution is 0.520. The van der Waals surface area contributed by atoms with Crippen LogP contribution in [0.1, 0.15) is 23.2 Å². The molecular formula is C15H14N2O. The molecule has 3 rings (SSSR count). The van der Waals surface area contributed by atoms with E-state index in [9.17, 15) is 0 Å². The molecule has 2 N–H and O–H groups in total. The first-order chi connectivity index (χ1) is 8.74. The quantitative estimate of drug-likeness (QED) is 0.746. The molecule has 2 heterocycles. The molecule has 0 amide bonds. The van der Waals surface area contributed by atoms with Crippen molar-refractivity contribution in [2.75, 3.05) is 0 Å². The van der Waals surface area contributed by atoms with Crippen LogP contribution in [0, 0.1) is 6.92 Å². The number of hydrogen-bond acceptors (Lipinski definition) is 3. The number of rotatable bonds is 2. The minimum absolute atomic E-state index is 0.322. The zero-order valence-electron chi connectivity index (χ0n) is 10.1. The SMILES string of the molecule is Cc1cccc(C(N)c2cc3ccccc3o2)n1. The normalized spacial score (nSPS) is 12.8. The van der Waals surface area contributed by atoms with Gasteiger partial charge in [0.25, 0.3) is 0 Å². The lowest BCUT2D eigenvalue weighted by atomic mass is 10.1. The number of nitrogens with two attached hydrogens (primary N) is 1. The molecule has 0 bridgehead atoms. The van der Waals surface area contributed by atoms with Crippen molar-refractivity contribution in [2.24, 2.45) is 5.73 Å². The summed E-state index contributed by atoms with van der Waals surface area (Å²) < 4.78 is 5.76. The highest BCUT2D eigenvalue weighted by Crippen LogP contribution is 2.25. The van der Waals surface area contributed by atoms with E-state index in [-0.39, 0.29) is 6.04 Å². The van der Waals surface area contributed by atoms with Gasteiger partial charge in [0.15, 0.2) is 0 Å². The van der Waals surface area contributed by atoms with Gasteiger partial charge in [0.05, 0.1) is 5.69 Å². The fraction of sp³-hybridized carbons (Fsp3) is 0.133. The zero-order chi connectivity index (χ0) is 12.5. The molecule has 0 aliphatic heterocycles. The maximum atomic E-state index is 6.19. The van der Waals surface area contributed by atoms with E-state index < -0.39 is 0 Å². The van der Waals surface area contributed by atoms with E-state index in [1.54, 1.807) is 0 Å². The van der Waals surface area contributed by atoms with E-state index in [2.05, 4.69) is 4.98 Å². The Morgan fingerprint density at radius 1 is 1.11 bits per heavy atom. The third-order valence-corrected chi connectivity index (χ3v) is 2.98. The van der Waals surface area contributed by atoms with Gasteiger partial charge in [-0.3, -0.25) is 4.98 Å². The van der Waals surface area contributed by atoms with Crippen molar-refractivity contribution < 1.29 is 4.42 Å². The molecule has 0 radical (unpaired) electrons. The van der Waals surface area contributed by atoms with Gasteiger partial charge in [0.1, 0.15) is 17.4 Å². The Balaban J connectivity index is 2.03. The number of hydrogen-bond donors (Lipinski definition) is 1. The Kier molecular flexibility index (Phi) is 2.61. The van der Waals surface area contributed by atoms with Crippen LogP contribution in [0.2, 0.25) is 0 Å². The van der Waals surface area contributed by atoms with Crippen molar-refractivity contribution in [3.63, 3.8) is 0 Å². The molecule has 1 atom stereocenters. The summed E-state index contributed by atoms with van der Waals surface area (Å²) in [7, 11) is 0. The number of furan rings is 1. The second-order valence-electron chi connectivity index (χ2n) is 4.37. The van der Waals surface area contributed by atoms with Crippen LogP contribution < -0.4 is 5.73 Å². The van der Waals surface area contributed by atoms with E-state index in [0.717, 1.165) is 28.1 Å². The Morgan fingerprint density at radius 3 is 2.72 bits per heavy atom. The van der Waals surface area contributed by atoms with Crippen LogP contribution in [0.15, 0.2) is 52.9 Å². The molecule has 0 aliphatic carbocycles. The summed E-state index contributed by atoms with van der Waals surface area (Å²) >= 11 is 0. The number of aromatic nitrogens is 1. The van der Waals surface area contributed by atoms with E-state index >= 15 is 0 Å². The predicted octanol–water partition coefficient (Wildman–Crippen LogP) is 3.18. The van der Waals surface area contributed by atoms with Gasteiger partial charge in [0, 0.05) is 11.1 Å². The topological polar surface area (TPSA) is 52.0 Å². The van der Waals surface area contributed by atoms with Crippen LogP contribution in [0.25, 0.3) is 11.0 Å². The Bertz CT molecular complexity index is 655. The summed E-state index contributed by atoms with van der Waals surface area (Å²) in [6.45, 7) is 1.95. The maximum absolute atomic E-state index is 6.19. The van der Waals surface area contributed by atoms with Crippen LogP contribution in [0.3, 0.4) is 0 Å². The molecule has 1 unspecified atom stereocenters. The van der Waals surface area contributed by atoms with E-state index in [1.165, 1.54) is 0 Å². The second-order valence-corrected chi connectivity index (χ2v) is 4.37. The lowest BCUT2D eigenvalue weighted by Crippen LogP contribution is -2.12. The van der Waals surface area contributed by atoms with Crippen molar-refractivity contribution in [2.45, 2.75) is 13.0 Å². The minimum atomic E-state index is -0.322. The van der Waals surface area contributed by atoms with E-state index in [1.807, 2.05) is 55.5 Å². The van der Waals surface area contributed by atoms with Gasteiger partial charge in [-0.05, 0) is 31.2 Å². The van der Waals surface area contributed by atoms with Crippen molar-refractivity contribution in [1.29, 1.82) is 0 Å². The molecule has 3 nitrogen and oxygen atoms in total. The lowest BCUT2D eigenvalue weighted by Gasteiger charge is -2.08. The van der Waals surface area contributed by atoms with Crippen molar-refractivity contribution in [3.8, 4) is 0 Å². The summed E-state index contributed by atoms with van der Waals surface area (Å²) in [5.41, 5.74) is 8.84. The Morgan fingerprint density at radius 2 is 1.94 bits per heavy atom. The molecule has 0 aliphatic rings. The van der Waals surface area contributed by atoms with Crippen LogP contribution in [0.4, 0.5) is 0 Å². The first-order valence-electron chi connectivity index (χ1n) is 5.91. The molecule has 0 saturated heterocycles. The molecule has 0 saturated carbocycles. The molecular weight excluding hydrogens is 224 g/mol. The smallest absolute Gasteiger partial charge is 0.134 e. The number of fused-ring (bicyclic) bond motifs is 1. The van der Waals surface area contributed by atoms with Gasteiger partial charge in [-0.1, -0.05) is 24.3 Å². The minimum Gasteiger partial charge on any atom is -0.459 e. The number of aryl methyl sites for hydroxylation is 1. The third kappa shape index (κ3) is 1.89. The number of benzene rings is 1. The van der Waals surface area contributed by atoms with Gasteiger partial charge in [-0.15, -0.1) is 0 Å². The summed E-state index contributed by atoms with van der Waals surface area (Å²) in [5, 5.41) is 1.07. The van der Waals surface area contributed by atoms with Crippen molar-refractivity contribution in [3.05, 3.63) is 65.7 Å². The number of nitrogens with zero attached hydrogens (tertiary/aromatic N) is 1. The monoisotopic (exact) mass is 238 g/mol.